The number of aromatic nitrogens is 1. The van der Waals surface area contributed by atoms with Gasteiger partial charge in [0, 0.05) is 19.0 Å². The van der Waals surface area contributed by atoms with E-state index in [2.05, 4.69) is 23.1 Å². The standard InChI is InChI=1S/C12H15FN2/c1-3-5-8-14-11(4-2)12-7-6-10(13)9-15-12/h1,6-7,9,11,14H,4-5,8H2,2H3. The van der Waals surface area contributed by atoms with Crippen LogP contribution < -0.4 is 5.32 Å². The highest BCUT2D eigenvalue weighted by atomic mass is 19.1. The largest absolute Gasteiger partial charge is 0.308 e. The highest BCUT2D eigenvalue weighted by molar-refractivity contribution is 5.09. The average molecular weight is 206 g/mol. The summed E-state index contributed by atoms with van der Waals surface area (Å²) < 4.78 is 12.7. The third-order valence-corrected chi connectivity index (χ3v) is 2.18. The summed E-state index contributed by atoms with van der Waals surface area (Å²) in [5, 5.41) is 3.28. The molecule has 0 aliphatic carbocycles. The molecule has 2 nitrogen and oxygen atoms in total. The van der Waals surface area contributed by atoms with Gasteiger partial charge in [0.05, 0.1) is 11.9 Å². The molecule has 0 bridgehead atoms. The van der Waals surface area contributed by atoms with Crippen molar-refractivity contribution >= 4 is 0 Å². The fourth-order valence-corrected chi connectivity index (χ4v) is 1.37. The predicted octanol–water partition coefficient (Wildman–Crippen LogP) is 2.28. The topological polar surface area (TPSA) is 24.9 Å². The first-order valence-corrected chi connectivity index (χ1v) is 5.06. The molecule has 0 amide bonds. The van der Waals surface area contributed by atoms with Crippen molar-refractivity contribution < 1.29 is 4.39 Å². The molecule has 0 aromatic carbocycles. The Bertz CT molecular complexity index is 326. The first kappa shape index (κ1) is 11.7. The van der Waals surface area contributed by atoms with Crippen molar-refractivity contribution in [3.05, 3.63) is 29.8 Å². The van der Waals surface area contributed by atoms with Crippen molar-refractivity contribution in [1.82, 2.24) is 10.3 Å². The van der Waals surface area contributed by atoms with Gasteiger partial charge in [-0.15, -0.1) is 12.3 Å². The van der Waals surface area contributed by atoms with Crippen LogP contribution in [0.3, 0.4) is 0 Å². The lowest BCUT2D eigenvalue weighted by Crippen LogP contribution is -2.22. The summed E-state index contributed by atoms with van der Waals surface area (Å²) >= 11 is 0. The van der Waals surface area contributed by atoms with E-state index in [1.165, 1.54) is 12.3 Å². The Hall–Kier alpha value is -1.40. The van der Waals surface area contributed by atoms with Crippen molar-refractivity contribution in [1.29, 1.82) is 0 Å². The van der Waals surface area contributed by atoms with Gasteiger partial charge in [-0.25, -0.2) is 4.39 Å². The summed E-state index contributed by atoms with van der Waals surface area (Å²) in [4.78, 5) is 4.04. The molecule has 3 heteroatoms. The summed E-state index contributed by atoms with van der Waals surface area (Å²) in [7, 11) is 0. The van der Waals surface area contributed by atoms with Gasteiger partial charge in [0.1, 0.15) is 5.82 Å². The van der Waals surface area contributed by atoms with E-state index in [0.717, 1.165) is 18.7 Å². The zero-order chi connectivity index (χ0) is 11.1. The number of halogens is 1. The molecular formula is C12H15FN2. The van der Waals surface area contributed by atoms with Crippen LogP contribution in [0, 0.1) is 18.2 Å². The van der Waals surface area contributed by atoms with Crippen LogP contribution >= 0.6 is 0 Å². The van der Waals surface area contributed by atoms with Crippen molar-refractivity contribution in [3.8, 4) is 12.3 Å². The molecular weight excluding hydrogens is 191 g/mol. The van der Waals surface area contributed by atoms with Crippen LogP contribution in [0.15, 0.2) is 18.3 Å². The number of nitrogens with one attached hydrogen (secondary N) is 1. The highest BCUT2D eigenvalue weighted by Crippen LogP contribution is 2.13. The molecule has 1 rings (SSSR count). The summed E-state index contributed by atoms with van der Waals surface area (Å²) in [6.07, 6.45) is 7.99. The zero-order valence-corrected chi connectivity index (χ0v) is 8.83. The van der Waals surface area contributed by atoms with E-state index in [4.69, 9.17) is 6.42 Å². The number of hydrogen-bond acceptors (Lipinski definition) is 2. The van der Waals surface area contributed by atoms with Crippen molar-refractivity contribution in [2.75, 3.05) is 6.54 Å². The summed E-state index contributed by atoms with van der Waals surface area (Å²) in [5.41, 5.74) is 0.857. The molecule has 0 aliphatic rings. The second-order valence-electron chi connectivity index (χ2n) is 3.27. The van der Waals surface area contributed by atoms with Gasteiger partial charge in [0.25, 0.3) is 0 Å². The number of nitrogens with zero attached hydrogens (tertiary/aromatic N) is 1. The molecule has 1 unspecified atom stereocenters. The minimum absolute atomic E-state index is 0.152. The maximum Gasteiger partial charge on any atom is 0.141 e. The number of hydrogen-bond donors (Lipinski definition) is 1. The zero-order valence-electron chi connectivity index (χ0n) is 8.83. The molecule has 0 saturated heterocycles. The SMILES string of the molecule is C#CCCNC(CC)c1ccc(F)cn1. The molecule has 0 saturated carbocycles. The fraction of sp³-hybridized carbons (Fsp3) is 0.417. The Kier molecular flexibility index (Phi) is 4.79. The van der Waals surface area contributed by atoms with Crippen LogP contribution in [0.5, 0.6) is 0 Å². The van der Waals surface area contributed by atoms with Crippen molar-refractivity contribution in [2.45, 2.75) is 25.8 Å². The summed E-state index contributed by atoms with van der Waals surface area (Å²) in [6, 6.07) is 3.28. The van der Waals surface area contributed by atoms with Gasteiger partial charge in [-0.1, -0.05) is 6.92 Å². The van der Waals surface area contributed by atoms with Crippen molar-refractivity contribution in [3.63, 3.8) is 0 Å². The molecule has 1 aromatic heterocycles. The maximum absolute atomic E-state index is 12.7. The predicted molar refractivity (Wildman–Crippen MR) is 58.7 cm³/mol. The van der Waals surface area contributed by atoms with Gasteiger partial charge in [0.15, 0.2) is 0 Å². The van der Waals surface area contributed by atoms with Gasteiger partial charge in [0.2, 0.25) is 0 Å². The maximum atomic E-state index is 12.7. The molecule has 15 heavy (non-hydrogen) atoms. The van der Waals surface area contributed by atoms with E-state index in [1.807, 2.05) is 0 Å². The monoisotopic (exact) mass is 206 g/mol. The van der Waals surface area contributed by atoms with Crippen LogP contribution in [0.4, 0.5) is 4.39 Å². The normalized spacial score (nSPS) is 12.1. The smallest absolute Gasteiger partial charge is 0.141 e. The molecule has 1 N–H and O–H groups in total. The Morgan fingerprint density at radius 1 is 1.60 bits per heavy atom. The fourth-order valence-electron chi connectivity index (χ4n) is 1.37. The van der Waals surface area contributed by atoms with E-state index >= 15 is 0 Å². The molecule has 1 aromatic rings. The lowest BCUT2D eigenvalue weighted by molar-refractivity contribution is 0.512. The van der Waals surface area contributed by atoms with Crippen molar-refractivity contribution in [2.24, 2.45) is 0 Å². The Labute approximate surface area is 89.9 Å². The molecule has 0 aliphatic heterocycles. The van der Waals surface area contributed by atoms with E-state index < -0.39 is 0 Å². The van der Waals surface area contributed by atoms with E-state index in [-0.39, 0.29) is 11.9 Å². The second kappa shape index (κ2) is 6.15. The molecule has 0 radical (unpaired) electrons. The van der Waals surface area contributed by atoms with Gasteiger partial charge >= 0.3 is 0 Å². The second-order valence-corrected chi connectivity index (χ2v) is 3.27. The Morgan fingerprint density at radius 2 is 2.40 bits per heavy atom. The van der Waals surface area contributed by atoms with Crippen LogP contribution in [0.25, 0.3) is 0 Å². The Morgan fingerprint density at radius 3 is 2.93 bits per heavy atom. The van der Waals surface area contributed by atoms with E-state index in [1.54, 1.807) is 6.07 Å². The number of pyridine rings is 1. The first-order valence-electron chi connectivity index (χ1n) is 5.06. The molecule has 1 atom stereocenters. The van der Waals surface area contributed by atoms with Crippen LogP contribution in [-0.4, -0.2) is 11.5 Å². The molecule has 1 heterocycles. The van der Waals surface area contributed by atoms with Crippen LogP contribution in [0.2, 0.25) is 0 Å². The van der Waals surface area contributed by atoms with E-state index in [0.29, 0.717) is 6.42 Å². The minimum Gasteiger partial charge on any atom is -0.308 e. The van der Waals surface area contributed by atoms with Gasteiger partial charge < -0.3 is 5.32 Å². The van der Waals surface area contributed by atoms with Gasteiger partial charge in [-0.2, -0.15) is 0 Å². The lowest BCUT2D eigenvalue weighted by Gasteiger charge is -2.15. The molecule has 0 spiro atoms. The summed E-state index contributed by atoms with van der Waals surface area (Å²) in [5.74, 6) is 2.26. The Balaban J connectivity index is 2.58. The summed E-state index contributed by atoms with van der Waals surface area (Å²) in [6.45, 7) is 2.81. The minimum atomic E-state index is -0.308. The third-order valence-electron chi connectivity index (χ3n) is 2.18. The van der Waals surface area contributed by atoms with E-state index in [9.17, 15) is 4.39 Å². The highest BCUT2D eigenvalue weighted by Gasteiger charge is 2.08. The van der Waals surface area contributed by atoms with Crippen LogP contribution in [-0.2, 0) is 0 Å². The average Bonchev–Trinajstić information content (AvgIpc) is 2.26. The van der Waals surface area contributed by atoms with Gasteiger partial charge in [-0.05, 0) is 18.6 Å². The number of rotatable bonds is 5. The quantitative estimate of drug-likeness (QED) is 0.590. The first-order chi connectivity index (χ1) is 7.27. The van der Waals surface area contributed by atoms with Crippen LogP contribution in [0.1, 0.15) is 31.5 Å². The lowest BCUT2D eigenvalue weighted by atomic mass is 10.1. The third kappa shape index (κ3) is 3.69. The van der Waals surface area contributed by atoms with Gasteiger partial charge in [-0.3, -0.25) is 4.98 Å². The number of terminal acetylenes is 1. The molecule has 0 fully saturated rings. The molecule has 80 valence electrons.